The molecule has 22 heavy (non-hydrogen) atoms. The summed E-state index contributed by atoms with van der Waals surface area (Å²) in [5.41, 5.74) is 0.550. The van der Waals surface area contributed by atoms with Gasteiger partial charge in [0.2, 0.25) is 11.2 Å². The van der Waals surface area contributed by atoms with Gasteiger partial charge in [0, 0.05) is 11.8 Å². The van der Waals surface area contributed by atoms with Gasteiger partial charge >= 0.3 is 0 Å². The van der Waals surface area contributed by atoms with Crippen molar-refractivity contribution in [2.45, 2.75) is 6.92 Å². The molecule has 0 aliphatic heterocycles. The average Bonchev–Trinajstić information content (AvgIpc) is 2.53. The summed E-state index contributed by atoms with van der Waals surface area (Å²) in [5, 5.41) is 2.54. The smallest absolute Gasteiger partial charge is 0.260 e. The number of anilines is 1. The fourth-order valence-corrected chi connectivity index (χ4v) is 1.40. The highest BCUT2D eigenvalue weighted by molar-refractivity contribution is 6.65. The van der Waals surface area contributed by atoms with Crippen molar-refractivity contribution in [2.75, 3.05) is 12.4 Å². The van der Waals surface area contributed by atoms with Crippen LogP contribution >= 0.6 is 11.6 Å². The first kappa shape index (κ1) is 17.5. The molecule has 1 rings (SSSR count). The molecule has 0 aliphatic carbocycles. The van der Waals surface area contributed by atoms with Crippen molar-refractivity contribution in [2.24, 2.45) is 9.98 Å². The molecule has 6 nitrogen and oxygen atoms in total. The molecule has 0 bridgehead atoms. The molecule has 0 aliphatic rings. The van der Waals surface area contributed by atoms with Gasteiger partial charge in [-0.15, -0.1) is 0 Å². The third kappa shape index (κ3) is 5.41. The maximum absolute atomic E-state index is 11.3. The molecule has 0 radical (unpaired) electrons. The van der Waals surface area contributed by atoms with E-state index in [2.05, 4.69) is 28.6 Å². The van der Waals surface area contributed by atoms with Crippen molar-refractivity contribution >= 4 is 35.2 Å². The van der Waals surface area contributed by atoms with Crippen LogP contribution in [0, 0.1) is 0 Å². The Morgan fingerprint density at radius 3 is 2.77 bits per heavy atom. The van der Waals surface area contributed by atoms with Crippen molar-refractivity contribution in [1.82, 2.24) is 0 Å². The topological polar surface area (TPSA) is 72.3 Å². The van der Waals surface area contributed by atoms with Crippen LogP contribution in [0.4, 0.5) is 5.69 Å². The molecule has 0 saturated heterocycles. The number of nitrogens with zero attached hydrogens (tertiary/aromatic N) is 2. The maximum atomic E-state index is 11.3. The predicted molar refractivity (Wildman–Crippen MR) is 88.4 cm³/mol. The highest BCUT2D eigenvalue weighted by Crippen LogP contribution is 2.22. The number of nitrogens with one attached hydrogen (secondary N) is 1. The molecule has 0 saturated carbocycles. The average molecular weight is 322 g/mol. The molecule has 0 fully saturated rings. The van der Waals surface area contributed by atoms with Crippen molar-refractivity contribution in [3.8, 4) is 5.75 Å². The van der Waals surface area contributed by atoms with Gasteiger partial charge in [-0.2, -0.15) is 4.99 Å². The molecule has 0 heterocycles. The standard InChI is InChI=1S/C15H16ClN3O3/c1-5-13(20)18-11-7-6-8-12(9-11)22-14(10(2)21-4)19-15(16)17-3/h5-9H,1,3H2,2,4H3,(H,18,20)/b14-10-,19-15?. The zero-order valence-corrected chi connectivity index (χ0v) is 13.1. The van der Waals surface area contributed by atoms with Gasteiger partial charge in [-0.25, -0.2) is 4.99 Å². The Bertz CT molecular complexity index is 639. The van der Waals surface area contributed by atoms with Crippen LogP contribution in [-0.4, -0.2) is 25.0 Å². The van der Waals surface area contributed by atoms with Gasteiger partial charge in [0.1, 0.15) is 5.75 Å². The summed E-state index contributed by atoms with van der Waals surface area (Å²) >= 11 is 5.73. The number of hydrogen-bond donors (Lipinski definition) is 1. The van der Waals surface area contributed by atoms with Gasteiger partial charge in [-0.1, -0.05) is 12.6 Å². The Kier molecular flexibility index (Phi) is 6.85. The lowest BCUT2D eigenvalue weighted by Crippen LogP contribution is -2.07. The van der Waals surface area contributed by atoms with E-state index in [1.54, 1.807) is 31.2 Å². The first-order chi connectivity index (χ1) is 10.5. The summed E-state index contributed by atoms with van der Waals surface area (Å²) in [6, 6.07) is 6.74. The monoisotopic (exact) mass is 321 g/mol. The van der Waals surface area contributed by atoms with E-state index in [0.29, 0.717) is 17.2 Å². The highest BCUT2D eigenvalue weighted by Gasteiger charge is 2.08. The van der Waals surface area contributed by atoms with Gasteiger partial charge in [-0.05, 0) is 43.5 Å². The molecule has 0 spiro atoms. The molecule has 0 aromatic heterocycles. The summed E-state index contributed by atoms with van der Waals surface area (Å²) in [6.07, 6.45) is 1.17. The van der Waals surface area contributed by atoms with E-state index in [1.807, 2.05) is 0 Å². The summed E-state index contributed by atoms with van der Waals surface area (Å²) in [5.74, 6) is 0.651. The van der Waals surface area contributed by atoms with E-state index >= 15 is 0 Å². The zero-order valence-electron chi connectivity index (χ0n) is 12.3. The lowest BCUT2D eigenvalue weighted by atomic mass is 10.3. The van der Waals surface area contributed by atoms with Gasteiger partial charge in [0.25, 0.3) is 5.88 Å². The molecule has 1 amide bonds. The molecular formula is C15H16ClN3O3. The fourth-order valence-electron chi connectivity index (χ4n) is 1.32. The van der Waals surface area contributed by atoms with Crippen molar-refractivity contribution in [3.63, 3.8) is 0 Å². The largest absolute Gasteiger partial charge is 0.496 e. The first-order valence-electron chi connectivity index (χ1n) is 6.17. The fraction of sp³-hybridized carbons (Fsp3) is 0.133. The second-order valence-electron chi connectivity index (χ2n) is 3.93. The maximum Gasteiger partial charge on any atom is 0.260 e. The summed E-state index contributed by atoms with van der Waals surface area (Å²) < 4.78 is 10.7. The Labute approximate surface area is 133 Å². The number of carbonyl (C=O) groups excluding carboxylic acids is 1. The molecule has 1 aromatic carbocycles. The number of benzene rings is 1. The number of aliphatic imine (C=N–C) groups is 2. The zero-order chi connectivity index (χ0) is 16.5. The number of hydrogen-bond acceptors (Lipinski definition) is 4. The van der Waals surface area contributed by atoms with Gasteiger partial charge in [0.05, 0.1) is 7.11 Å². The number of ether oxygens (including phenoxy) is 2. The number of halogens is 1. The molecule has 116 valence electrons. The normalized spacial score (nSPS) is 12.0. The number of methoxy groups -OCH3 is 1. The van der Waals surface area contributed by atoms with Crippen LogP contribution in [-0.2, 0) is 9.53 Å². The van der Waals surface area contributed by atoms with Gasteiger partial charge in [0.15, 0.2) is 5.76 Å². The van der Waals surface area contributed by atoms with E-state index in [0.717, 1.165) is 0 Å². The molecular weight excluding hydrogens is 306 g/mol. The van der Waals surface area contributed by atoms with Crippen molar-refractivity contribution in [1.29, 1.82) is 0 Å². The van der Waals surface area contributed by atoms with E-state index < -0.39 is 0 Å². The van der Waals surface area contributed by atoms with E-state index in [9.17, 15) is 4.79 Å². The Morgan fingerprint density at radius 1 is 1.45 bits per heavy atom. The predicted octanol–water partition coefficient (Wildman–Crippen LogP) is 3.32. The van der Waals surface area contributed by atoms with E-state index in [1.165, 1.54) is 13.2 Å². The lowest BCUT2D eigenvalue weighted by molar-refractivity contribution is -0.111. The van der Waals surface area contributed by atoms with Crippen LogP contribution in [0.3, 0.4) is 0 Å². The summed E-state index contributed by atoms with van der Waals surface area (Å²) in [6.45, 7) is 8.32. The van der Waals surface area contributed by atoms with Crippen LogP contribution in [0.5, 0.6) is 5.75 Å². The van der Waals surface area contributed by atoms with Crippen LogP contribution in [0.2, 0.25) is 0 Å². The van der Waals surface area contributed by atoms with Gasteiger partial charge < -0.3 is 14.8 Å². The summed E-state index contributed by atoms with van der Waals surface area (Å²) in [7, 11) is 1.48. The second-order valence-corrected chi connectivity index (χ2v) is 4.27. The minimum Gasteiger partial charge on any atom is -0.496 e. The number of amidine groups is 1. The Morgan fingerprint density at radius 2 is 2.18 bits per heavy atom. The number of rotatable bonds is 6. The van der Waals surface area contributed by atoms with Crippen molar-refractivity contribution < 1.29 is 14.3 Å². The van der Waals surface area contributed by atoms with E-state index in [-0.39, 0.29) is 17.1 Å². The van der Waals surface area contributed by atoms with Gasteiger partial charge in [-0.3, -0.25) is 4.79 Å². The number of allylic oxidation sites excluding steroid dienone is 1. The Balaban J connectivity index is 3.04. The lowest BCUT2D eigenvalue weighted by Gasteiger charge is -2.10. The van der Waals surface area contributed by atoms with Crippen LogP contribution in [0.25, 0.3) is 0 Å². The Hall–Kier alpha value is -2.60. The summed E-state index contributed by atoms with van der Waals surface area (Å²) in [4.78, 5) is 18.7. The number of amides is 1. The molecule has 1 N–H and O–H groups in total. The molecule has 1 aromatic rings. The third-order valence-corrected chi connectivity index (χ3v) is 2.64. The van der Waals surface area contributed by atoms with Crippen LogP contribution in [0.1, 0.15) is 6.92 Å². The minimum absolute atomic E-state index is 0.0810. The molecule has 0 atom stereocenters. The van der Waals surface area contributed by atoms with Crippen molar-refractivity contribution in [3.05, 3.63) is 48.6 Å². The third-order valence-electron chi connectivity index (χ3n) is 2.43. The SMILES string of the molecule is C=CC(=O)Nc1cccc(O/C(N=C(Cl)N=C)=C(/C)OC)c1. The number of carbonyl (C=O) groups is 1. The van der Waals surface area contributed by atoms with Crippen LogP contribution in [0.15, 0.2) is 58.5 Å². The molecule has 7 heteroatoms. The first-order valence-corrected chi connectivity index (χ1v) is 6.55. The second kappa shape index (κ2) is 8.63. The minimum atomic E-state index is -0.321. The van der Waals surface area contributed by atoms with Crippen LogP contribution < -0.4 is 10.1 Å². The van der Waals surface area contributed by atoms with E-state index in [4.69, 9.17) is 21.1 Å². The quantitative estimate of drug-likeness (QED) is 0.287. The molecule has 0 unspecified atom stereocenters. The highest BCUT2D eigenvalue weighted by atomic mass is 35.5.